The maximum absolute atomic E-state index is 13.4. The summed E-state index contributed by atoms with van der Waals surface area (Å²) in [6.07, 6.45) is 2.56. The third-order valence-corrected chi connectivity index (χ3v) is 5.69. The molecule has 1 amide bonds. The molecule has 0 unspecified atom stereocenters. The average Bonchev–Trinajstić information content (AvgIpc) is 3.33. The van der Waals surface area contributed by atoms with Crippen LogP contribution in [-0.2, 0) is 13.0 Å². The molecule has 0 spiro atoms. The van der Waals surface area contributed by atoms with Gasteiger partial charge >= 0.3 is 0 Å². The average molecular weight is 410 g/mol. The minimum atomic E-state index is -0.00528. The normalized spacial score (nSPS) is 13.0. The van der Waals surface area contributed by atoms with Crippen LogP contribution in [0.25, 0.3) is 22.8 Å². The molecule has 0 atom stereocenters. The molecule has 5 nitrogen and oxygen atoms in total. The molecule has 0 fully saturated rings. The van der Waals surface area contributed by atoms with Gasteiger partial charge in [-0.3, -0.25) is 4.79 Å². The molecule has 2 heterocycles. The Bertz CT molecular complexity index is 1230. The topological polar surface area (TPSA) is 55.6 Å². The zero-order valence-corrected chi connectivity index (χ0v) is 17.2. The van der Waals surface area contributed by atoms with Crippen LogP contribution in [0.5, 0.6) is 5.75 Å². The van der Waals surface area contributed by atoms with Crippen LogP contribution in [0.4, 0.5) is 0 Å². The maximum Gasteiger partial charge on any atom is 0.254 e. The Morgan fingerprint density at radius 1 is 0.968 bits per heavy atom. The standard InChI is InChI=1S/C26H22N2O3/c1-30-21-12-10-19(11-13-21)24-16-27-25(31-24)22-8-4-5-9-23(22)26(29)28-15-14-18-6-2-3-7-20(18)17-28/h2-13,16H,14-15,17H2,1H3. The highest BCUT2D eigenvalue weighted by atomic mass is 16.5. The van der Waals surface area contributed by atoms with Crippen LogP contribution in [-0.4, -0.2) is 29.4 Å². The Morgan fingerprint density at radius 3 is 2.52 bits per heavy atom. The van der Waals surface area contributed by atoms with Gasteiger partial charge in [0.1, 0.15) is 5.75 Å². The molecule has 4 aromatic rings. The van der Waals surface area contributed by atoms with E-state index in [1.165, 1.54) is 11.1 Å². The number of fused-ring (bicyclic) bond motifs is 1. The minimum Gasteiger partial charge on any atom is -0.497 e. The number of methoxy groups -OCH3 is 1. The number of oxazole rings is 1. The molecule has 0 saturated carbocycles. The van der Waals surface area contributed by atoms with Gasteiger partial charge in [0.15, 0.2) is 5.76 Å². The Morgan fingerprint density at radius 2 is 1.71 bits per heavy atom. The number of amides is 1. The van der Waals surface area contributed by atoms with Crippen molar-refractivity contribution >= 4 is 5.91 Å². The molecule has 154 valence electrons. The summed E-state index contributed by atoms with van der Waals surface area (Å²) in [6.45, 7) is 1.32. The fourth-order valence-electron chi connectivity index (χ4n) is 3.98. The lowest BCUT2D eigenvalue weighted by Crippen LogP contribution is -2.36. The molecule has 5 heteroatoms. The predicted molar refractivity (Wildman–Crippen MR) is 119 cm³/mol. The van der Waals surface area contributed by atoms with Crippen molar-refractivity contribution < 1.29 is 13.9 Å². The predicted octanol–water partition coefficient (Wildman–Crippen LogP) is 5.22. The van der Waals surface area contributed by atoms with Crippen molar-refractivity contribution in [2.75, 3.05) is 13.7 Å². The van der Waals surface area contributed by atoms with Gasteiger partial charge in [-0.25, -0.2) is 4.98 Å². The van der Waals surface area contributed by atoms with Crippen molar-refractivity contribution in [1.29, 1.82) is 0 Å². The van der Waals surface area contributed by atoms with Gasteiger partial charge in [0.05, 0.1) is 18.9 Å². The number of rotatable bonds is 4. The van der Waals surface area contributed by atoms with Crippen molar-refractivity contribution in [3.63, 3.8) is 0 Å². The summed E-state index contributed by atoms with van der Waals surface area (Å²) in [7, 11) is 1.64. The molecule has 0 saturated heterocycles. The summed E-state index contributed by atoms with van der Waals surface area (Å²) in [5, 5.41) is 0. The van der Waals surface area contributed by atoms with Crippen LogP contribution in [0.1, 0.15) is 21.5 Å². The summed E-state index contributed by atoms with van der Waals surface area (Å²) < 4.78 is 11.3. The monoisotopic (exact) mass is 410 g/mol. The molecule has 5 rings (SSSR count). The fourth-order valence-corrected chi connectivity index (χ4v) is 3.98. The number of benzene rings is 3. The van der Waals surface area contributed by atoms with Gasteiger partial charge in [-0.15, -0.1) is 0 Å². The second-order valence-electron chi connectivity index (χ2n) is 7.55. The van der Waals surface area contributed by atoms with Gasteiger partial charge in [0.2, 0.25) is 5.89 Å². The van der Waals surface area contributed by atoms with Gasteiger partial charge in [0, 0.05) is 24.2 Å². The van der Waals surface area contributed by atoms with Crippen molar-refractivity contribution in [3.8, 4) is 28.5 Å². The fraction of sp³-hybridized carbons (Fsp3) is 0.154. The number of aromatic nitrogens is 1. The van der Waals surface area contributed by atoms with Gasteiger partial charge in [-0.2, -0.15) is 0 Å². The van der Waals surface area contributed by atoms with Gasteiger partial charge in [-0.05, 0) is 53.9 Å². The Kier molecular flexibility index (Phi) is 5.00. The molecule has 31 heavy (non-hydrogen) atoms. The van der Waals surface area contributed by atoms with E-state index in [1.807, 2.05) is 59.5 Å². The summed E-state index contributed by atoms with van der Waals surface area (Å²) in [6, 6.07) is 23.4. The number of carbonyl (C=O) groups is 1. The molecule has 1 aliphatic heterocycles. The summed E-state index contributed by atoms with van der Waals surface area (Å²) in [5.41, 5.74) is 4.72. The first-order valence-corrected chi connectivity index (χ1v) is 10.3. The lowest BCUT2D eigenvalue weighted by Gasteiger charge is -2.29. The summed E-state index contributed by atoms with van der Waals surface area (Å²) in [5.74, 6) is 1.86. The molecule has 0 N–H and O–H groups in total. The first kappa shape index (κ1) is 19.1. The summed E-state index contributed by atoms with van der Waals surface area (Å²) in [4.78, 5) is 19.8. The van der Waals surface area contributed by atoms with Crippen molar-refractivity contribution in [1.82, 2.24) is 9.88 Å². The zero-order valence-electron chi connectivity index (χ0n) is 17.2. The van der Waals surface area contributed by atoms with E-state index in [0.29, 0.717) is 35.9 Å². The second kappa shape index (κ2) is 8.11. The first-order valence-electron chi connectivity index (χ1n) is 10.3. The van der Waals surface area contributed by atoms with E-state index in [2.05, 4.69) is 23.2 Å². The van der Waals surface area contributed by atoms with E-state index in [9.17, 15) is 4.79 Å². The van der Waals surface area contributed by atoms with E-state index in [-0.39, 0.29) is 5.91 Å². The minimum absolute atomic E-state index is 0.00528. The molecule has 0 radical (unpaired) electrons. The van der Waals surface area contributed by atoms with Crippen LogP contribution in [0.2, 0.25) is 0 Å². The molecule has 1 aliphatic rings. The van der Waals surface area contributed by atoms with Crippen molar-refractivity contribution in [3.05, 3.63) is 95.7 Å². The highest BCUT2D eigenvalue weighted by Gasteiger charge is 2.25. The molecule has 3 aromatic carbocycles. The maximum atomic E-state index is 13.4. The van der Waals surface area contributed by atoms with Crippen molar-refractivity contribution in [2.45, 2.75) is 13.0 Å². The zero-order chi connectivity index (χ0) is 21.2. The van der Waals surface area contributed by atoms with Crippen LogP contribution in [0.3, 0.4) is 0 Å². The van der Waals surface area contributed by atoms with E-state index < -0.39 is 0 Å². The largest absolute Gasteiger partial charge is 0.497 e. The van der Waals surface area contributed by atoms with Crippen LogP contribution < -0.4 is 4.74 Å². The third kappa shape index (κ3) is 3.70. The van der Waals surface area contributed by atoms with Gasteiger partial charge in [-0.1, -0.05) is 36.4 Å². The number of ether oxygens (including phenoxy) is 1. The van der Waals surface area contributed by atoms with Crippen molar-refractivity contribution in [2.24, 2.45) is 0 Å². The Balaban J connectivity index is 1.43. The Hall–Kier alpha value is -3.86. The molecule has 0 aliphatic carbocycles. The second-order valence-corrected chi connectivity index (χ2v) is 7.55. The van der Waals surface area contributed by atoms with Crippen LogP contribution in [0, 0.1) is 0 Å². The Labute approximate surface area is 180 Å². The van der Waals surface area contributed by atoms with E-state index in [1.54, 1.807) is 13.3 Å². The number of hydrogen-bond donors (Lipinski definition) is 0. The SMILES string of the molecule is COc1ccc(-c2cnc(-c3ccccc3C(=O)N3CCc4ccccc4C3)o2)cc1. The van der Waals surface area contributed by atoms with E-state index in [0.717, 1.165) is 17.7 Å². The molecule has 0 bridgehead atoms. The number of carbonyl (C=O) groups excluding carboxylic acids is 1. The van der Waals surface area contributed by atoms with Crippen LogP contribution >= 0.6 is 0 Å². The third-order valence-electron chi connectivity index (χ3n) is 5.69. The lowest BCUT2D eigenvalue weighted by atomic mass is 9.98. The number of hydrogen-bond acceptors (Lipinski definition) is 4. The lowest BCUT2D eigenvalue weighted by molar-refractivity contribution is 0.0735. The molecule has 1 aromatic heterocycles. The van der Waals surface area contributed by atoms with Crippen LogP contribution in [0.15, 0.2) is 83.4 Å². The quantitative estimate of drug-likeness (QED) is 0.463. The summed E-state index contributed by atoms with van der Waals surface area (Å²) >= 11 is 0. The van der Waals surface area contributed by atoms with E-state index in [4.69, 9.17) is 9.15 Å². The van der Waals surface area contributed by atoms with Gasteiger partial charge < -0.3 is 14.1 Å². The highest BCUT2D eigenvalue weighted by Crippen LogP contribution is 2.30. The van der Waals surface area contributed by atoms with Gasteiger partial charge in [0.25, 0.3) is 5.91 Å². The first-order chi connectivity index (χ1) is 15.2. The highest BCUT2D eigenvalue weighted by molar-refractivity contribution is 6.00. The molecular formula is C26H22N2O3. The molecular weight excluding hydrogens is 388 g/mol. The smallest absolute Gasteiger partial charge is 0.254 e. The van der Waals surface area contributed by atoms with E-state index >= 15 is 0 Å². The number of nitrogens with zero attached hydrogens (tertiary/aromatic N) is 2.